The van der Waals surface area contributed by atoms with Crippen molar-refractivity contribution in [3.05, 3.63) is 18.9 Å². The molecule has 0 saturated heterocycles. The van der Waals surface area contributed by atoms with Crippen molar-refractivity contribution in [3.63, 3.8) is 0 Å². The van der Waals surface area contributed by atoms with E-state index in [0.717, 1.165) is 0 Å². The molecule has 0 spiro atoms. The summed E-state index contributed by atoms with van der Waals surface area (Å²) in [5, 5.41) is 0. The van der Waals surface area contributed by atoms with Crippen LogP contribution in [0.2, 0.25) is 0 Å². The molecule has 11 heavy (non-hydrogen) atoms. The summed E-state index contributed by atoms with van der Waals surface area (Å²) in [7, 11) is 0. The van der Waals surface area contributed by atoms with Gasteiger partial charge in [0.05, 0.1) is 6.20 Å². The molecule has 2 aromatic heterocycles. The second kappa shape index (κ2) is 3.93. The molecule has 0 unspecified atom stereocenters. The summed E-state index contributed by atoms with van der Waals surface area (Å²) in [5.41, 5.74) is 1.34. The van der Waals surface area contributed by atoms with Gasteiger partial charge in [0.15, 0.2) is 5.65 Å². The number of imidazole rings is 1. The van der Waals surface area contributed by atoms with E-state index < -0.39 is 0 Å². The Morgan fingerprint density at radius 2 is 2.18 bits per heavy atom. The van der Waals surface area contributed by atoms with Crippen LogP contribution in [0.3, 0.4) is 0 Å². The van der Waals surface area contributed by atoms with E-state index in [2.05, 4.69) is 15.0 Å². The van der Waals surface area contributed by atoms with Gasteiger partial charge < -0.3 is 0 Å². The average Bonchev–Trinajstić information content (AvgIpc) is 2.34. The standard InChI is InChI=1S/C5H3ClN4.K.H/c6-10-3-9-4-1-7-2-8-5(4)10;;/h1-3H;;. The quantitative estimate of drug-likeness (QED) is 0.562. The van der Waals surface area contributed by atoms with Gasteiger partial charge in [0.25, 0.3) is 0 Å². The maximum atomic E-state index is 5.64. The average molecular weight is 195 g/mol. The van der Waals surface area contributed by atoms with E-state index in [1.54, 1.807) is 6.20 Å². The van der Waals surface area contributed by atoms with Crippen LogP contribution in [0.4, 0.5) is 0 Å². The van der Waals surface area contributed by atoms with E-state index in [1.165, 1.54) is 16.7 Å². The second-order valence-corrected chi connectivity index (χ2v) is 2.15. The first-order chi connectivity index (χ1) is 4.88. The molecule has 0 radical (unpaired) electrons. The molecule has 4 nitrogen and oxygen atoms in total. The number of hydrogen-bond acceptors (Lipinski definition) is 3. The second-order valence-electron chi connectivity index (χ2n) is 1.79. The van der Waals surface area contributed by atoms with Gasteiger partial charge >= 0.3 is 51.4 Å². The van der Waals surface area contributed by atoms with E-state index in [0.29, 0.717) is 11.2 Å². The fourth-order valence-corrected chi connectivity index (χ4v) is 0.913. The first kappa shape index (κ1) is 9.56. The third-order valence-electron chi connectivity index (χ3n) is 1.17. The molecule has 0 aliphatic carbocycles. The van der Waals surface area contributed by atoms with E-state index in [4.69, 9.17) is 11.8 Å². The molecular formula is C5H4ClKN4. The number of fused-ring (bicyclic) bond motifs is 1. The zero-order chi connectivity index (χ0) is 6.97. The van der Waals surface area contributed by atoms with E-state index in [1.807, 2.05) is 0 Å². The van der Waals surface area contributed by atoms with Crippen LogP contribution >= 0.6 is 11.8 Å². The van der Waals surface area contributed by atoms with Crippen LogP contribution in [0, 0.1) is 0 Å². The van der Waals surface area contributed by atoms with Gasteiger partial charge in [-0.05, 0) is 0 Å². The maximum absolute atomic E-state index is 5.64. The van der Waals surface area contributed by atoms with Crippen LogP contribution < -0.4 is 0 Å². The Labute approximate surface area is 111 Å². The number of halogens is 1. The van der Waals surface area contributed by atoms with Gasteiger partial charge in [-0.25, -0.2) is 19.0 Å². The van der Waals surface area contributed by atoms with Crippen molar-refractivity contribution in [2.24, 2.45) is 0 Å². The number of rotatable bonds is 0. The molecule has 0 saturated carbocycles. The summed E-state index contributed by atoms with van der Waals surface area (Å²) in [6, 6.07) is 0. The summed E-state index contributed by atoms with van der Waals surface area (Å²) < 4.78 is 1.33. The molecule has 0 N–H and O–H groups in total. The van der Waals surface area contributed by atoms with Crippen molar-refractivity contribution < 1.29 is 0 Å². The molecule has 0 aliphatic heterocycles. The summed E-state index contributed by atoms with van der Waals surface area (Å²) >= 11 is 5.64. The Bertz CT molecular complexity index is 360. The number of hydrogen-bond donors (Lipinski definition) is 0. The van der Waals surface area contributed by atoms with Crippen LogP contribution in [0.25, 0.3) is 11.2 Å². The third-order valence-corrected chi connectivity index (χ3v) is 1.42. The molecule has 2 aromatic rings. The molecule has 0 fully saturated rings. The minimum atomic E-state index is 0. The Balaban J connectivity index is 0.000000605. The first-order valence-corrected chi connectivity index (χ1v) is 3.01. The number of nitrogens with zero attached hydrogens (tertiary/aromatic N) is 4. The minimum absolute atomic E-state index is 0. The summed E-state index contributed by atoms with van der Waals surface area (Å²) in [4.78, 5) is 11.6. The van der Waals surface area contributed by atoms with Gasteiger partial charge in [0.2, 0.25) is 0 Å². The van der Waals surface area contributed by atoms with Gasteiger partial charge in [0, 0.05) is 11.8 Å². The van der Waals surface area contributed by atoms with Crippen molar-refractivity contribution in [3.8, 4) is 0 Å². The molecule has 6 heteroatoms. The predicted molar refractivity (Wildman–Crippen MR) is 43.7 cm³/mol. The van der Waals surface area contributed by atoms with Crippen LogP contribution in [0.15, 0.2) is 18.9 Å². The Hall–Kier alpha value is 0.476. The van der Waals surface area contributed by atoms with Gasteiger partial charge in [-0.15, -0.1) is 0 Å². The molecule has 0 atom stereocenters. The van der Waals surface area contributed by atoms with Crippen LogP contribution in [0.1, 0.15) is 0 Å². The Kier molecular flexibility index (Phi) is 3.41. The third kappa shape index (κ3) is 1.80. The van der Waals surface area contributed by atoms with Gasteiger partial charge in [-0.1, -0.05) is 0 Å². The fourth-order valence-electron chi connectivity index (χ4n) is 0.739. The molecule has 0 bridgehead atoms. The zero-order valence-corrected chi connectivity index (χ0v) is 5.65. The number of aromatic nitrogens is 4. The Morgan fingerprint density at radius 3 is 2.91 bits per heavy atom. The topological polar surface area (TPSA) is 43.6 Å². The molecule has 0 amide bonds. The van der Waals surface area contributed by atoms with Gasteiger partial charge in [0.1, 0.15) is 18.2 Å². The first-order valence-electron chi connectivity index (χ1n) is 2.67. The van der Waals surface area contributed by atoms with Crippen molar-refractivity contribution in [1.29, 1.82) is 0 Å². The van der Waals surface area contributed by atoms with Crippen LogP contribution in [0.5, 0.6) is 0 Å². The van der Waals surface area contributed by atoms with E-state index in [-0.39, 0.29) is 51.4 Å². The van der Waals surface area contributed by atoms with E-state index in [9.17, 15) is 0 Å². The molecule has 0 aromatic carbocycles. The van der Waals surface area contributed by atoms with E-state index >= 15 is 0 Å². The van der Waals surface area contributed by atoms with Crippen LogP contribution in [-0.4, -0.2) is 70.4 Å². The summed E-state index contributed by atoms with van der Waals surface area (Å²) in [5.74, 6) is 0. The normalized spacial score (nSPS) is 9.55. The van der Waals surface area contributed by atoms with Crippen LogP contribution in [-0.2, 0) is 0 Å². The van der Waals surface area contributed by atoms with Crippen molar-refractivity contribution in [2.75, 3.05) is 0 Å². The summed E-state index contributed by atoms with van der Waals surface area (Å²) in [6.45, 7) is 0. The van der Waals surface area contributed by atoms with Crippen molar-refractivity contribution >= 4 is 74.3 Å². The van der Waals surface area contributed by atoms with Gasteiger partial charge in [-0.2, -0.15) is 0 Å². The monoisotopic (exact) mass is 194 g/mol. The molecule has 52 valence electrons. The predicted octanol–water partition coefficient (Wildman–Crippen LogP) is 0.180. The van der Waals surface area contributed by atoms with Crippen molar-refractivity contribution in [1.82, 2.24) is 19.0 Å². The molecule has 2 rings (SSSR count). The Morgan fingerprint density at radius 1 is 1.36 bits per heavy atom. The summed E-state index contributed by atoms with van der Waals surface area (Å²) in [6.07, 6.45) is 4.53. The zero-order valence-electron chi connectivity index (χ0n) is 4.90. The fraction of sp³-hybridized carbons (Fsp3) is 0. The SMILES string of the molecule is Cln1cnc2cncnc21.[KH]. The molecule has 2 heterocycles. The molecular weight excluding hydrogens is 191 g/mol. The van der Waals surface area contributed by atoms with Crippen molar-refractivity contribution in [2.45, 2.75) is 0 Å². The molecule has 0 aliphatic rings. The van der Waals surface area contributed by atoms with Gasteiger partial charge in [-0.3, -0.25) is 0 Å².